The first-order valence-corrected chi connectivity index (χ1v) is 5.91. The Morgan fingerprint density at radius 3 is 2.39 bits per heavy atom. The number of carbonyl (C=O) groups is 2. The molecule has 0 saturated carbocycles. The summed E-state index contributed by atoms with van der Waals surface area (Å²) in [5.74, 6) is -0.712. The van der Waals surface area contributed by atoms with Crippen molar-refractivity contribution in [2.45, 2.75) is 13.3 Å². The van der Waals surface area contributed by atoms with Gasteiger partial charge in [-0.3, -0.25) is 4.79 Å². The van der Waals surface area contributed by atoms with Gasteiger partial charge in [0.15, 0.2) is 0 Å². The Balaban J connectivity index is 3.00. The van der Waals surface area contributed by atoms with Crippen LogP contribution in [-0.2, 0) is 9.53 Å². The van der Waals surface area contributed by atoms with Crippen LogP contribution in [-0.4, -0.2) is 32.2 Å². The Morgan fingerprint density at radius 2 is 1.89 bits per heavy atom. The van der Waals surface area contributed by atoms with E-state index in [4.69, 9.17) is 10.5 Å². The van der Waals surface area contributed by atoms with Crippen molar-refractivity contribution in [2.75, 3.05) is 20.1 Å². The maximum atomic E-state index is 12.1. The van der Waals surface area contributed by atoms with E-state index in [9.17, 15) is 9.59 Å². The number of ether oxygens (including phenoxy) is 1. The van der Waals surface area contributed by atoms with Gasteiger partial charge in [0.1, 0.15) is 5.69 Å². The van der Waals surface area contributed by atoms with Gasteiger partial charge in [-0.15, -0.1) is 0 Å². The summed E-state index contributed by atoms with van der Waals surface area (Å²) in [4.78, 5) is 23.2. The van der Waals surface area contributed by atoms with Gasteiger partial charge in [0, 0.05) is 0 Å². The number of carbonyl (C=O) groups excluding carboxylic acids is 2. The van der Waals surface area contributed by atoms with Gasteiger partial charge in [-0.05, 0) is 18.6 Å². The van der Waals surface area contributed by atoms with E-state index in [0.29, 0.717) is 6.54 Å². The first-order chi connectivity index (χ1) is 8.54. The Labute approximate surface area is 107 Å². The molecular weight excluding hydrogens is 232 g/mol. The lowest BCUT2D eigenvalue weighted by molar-refractivity contribution is -0.136. The van der Waals surface area contributed by atoms with Crippen LogP contribution in [0.1, 0.15) is 13.3 Å². The number of esters is 1. The summed E-state index contributed by atoms with van der Waals surface area (Å²) in [7, 11) is 1.73. The molecule has 0 radical (unpaired) electrons. The maximum absolute atomic E-state index is 12.1. The van der Waals surface area contributed by atoms with E-state index in [0.717, 1.165) is 12.1 Å². The molecule has 0 saturated heterocycles. The number of hydrogen-bond donors (Lipinski definition) is 1. The molecule has 1 atom stereocenters. The quantitative estimate of drug-likeness (QED) is 0.502. The number of amides is 1. The Bertz CT molecular complexity index is 420. The second-order valence-electron chi connectivity index (χ2n) is 4.19. The minimum Gasteiger partial charge on any atom is -0.344 e. The second kappa shape index (κ2) is 6.28. The Hall–Kier alpha value is -1.72. The lowest BCUT2D eigenvalue weighted by Crippen LogP contribution is -2.52. The fraction of sp³-hybridized carbons (Fsp3) is 0.385. The summed E-state index contributed by atoms with van der Waals surface area (Å²) in [6, 6.07) is 9.24. The molecule has 5 nitrogen and oxygen atoms in total. The summed E-state index contributed by atoms with van der Waals surface area (Å²) < 4.78 is 4.67. The minimum atomic E-state index is -0.712. The number of quaternary nitrogens is 1. The monoisotopic (exact) mass is 251 g/mol. The van der Waals surface area contributed by atoms with E-state index in [2.05, 4.69) is 0 Å². The van der Waals surface area contributed by atoms with Gasteiger partial charge in [-0.2, -0.15) is 9.28 Å². The lowest BCUT2D eigenvalue weighted by Gasteiger charge is -2.28. The average Bonchev–Trinajstić information content (AvgIpc) is 2.39. The number of hydrogen-bond acceptors (Lipinski definition) is 4. The number of benzene rings is 1. The maximum Gasteiger partial charge on any atom is 0.528 e. The van der Waals surface area contributed by atoms with Crippen LogP contribution in [0.25, 0.3) is 0 Å². The fourth-order valence-corrected chi connectivity index (χ4v) is 1.77. The smallest absolute Gasteiger partial charge is 0.344 e. The molecule has 0 spiro atoms. The summed E-state index contributed by atoms with van der Waals surface area (Å²) in [5, 5.41) is 0. The van der Waals surface area contributed by atoms with Gasteiger partial charge in [0.25, 0.3) is 0 Å². The zero-order valence-electron chi connectivity index (χ0n) is 10.8. The van der Waals surface area contributed by atoms with Crippen LogP contribution in [0.4, 0.5) is 10.5 Å². The van der Waals surface area contributed by atoms with Crippen molar-refractivity contribution >= 4 is 17.7 Å². The number of nitrogens with zero attached hydrogens (tertiary/aromatic N) is 1. The molecule has 18 heavy (non-hydrogen) atoms. The highest BCUT2D eigenvalue weighted by Crippen LogP contribution is 2.22. The van der Waals surface area contributed by atoms with Gasteiger partial charge in [0.2, 0.25) is 0 Å². The zero-order chi connectivity index (χ0) is 13.6. The minimum absolute atomic E-state index is 0.0664. The molecule has 0 bridgehead atoms. The topological polar surface area (TPSA) is 69.4 Å². The standard InChI is InChI=1S/C13H19N2O3/c1-3-9-15(2,11-7-5-4-6-8-11)13(17)18-12(16)10-14/h4-8H,3,9-10,14H2,1-2H3/q+1. The van der Waals surface area contributed by atoms with E-state index in [1.807, 2.05) is 37.3 Å². The van der Waals surface area contributed by atoms with Crippen LogP contribution in [0.2, 0.25) is 0 Å². The van der Waals surface area contributed by atoms with Crippen LogP contribution in [0, 0.1) is 0 Å². The third-order valence-electron chi connectivity index (χ3n) is 2.77. The number of para-hydroxylation sites is 1. The summed E-state index contributed by atoms with van der Waals surface area (Å²) >= 11 is 0. The van der Waals surface area contributed by atoms with Gasteiger partial charge in [-0.25, -0.2) is 0 Å². The molecule has 5 heteroatoms. The van der Waals surface area contributed by atoms with Crippen LogP contribution in [0.3, 0.4) is 0 Å². The normalized spacial score (nSPS) is 13.7. The van der Waals surface area contributed by atoms with Crippen molar-refractivity contribution < 1.29 is 14.3 Å². The van der Waals surface area contributed by atoms with Crippen LogP contribution >= 0.6 is 0 Å². The zero-order valence-corrected chi connectivity index (χ0v) is 10.8. The largest absolute Gasteiger partial charge is 0.528 e. The predicted octanol–water partition coefficient (Wildman–Crippen LogP) is 1.66. The SMILES string of the molecule is CCC[N+](C)(C(=O)OC(=O)CN)c1ccccc1. The number of rotatable bonds is 4. The van der Waals surface area contributed by atoms with E-state index in [-0.39, 0.29) is 11.0 Å². The molecule has 0 heterocycles. The van der Waals surface area contributed by atoms with Crippen molar-refractivity contribution in [2.24, 2.45) is 5.73 Å². The van der Waals surface area contributed by atoms with Crippen molar-refractivity contribution in [3.8, 4) is 0 Å². The molecule has 98 valence electrons. The first-order valence-electron chi connectivity index (χ1n) is 5.91. The highest BCUT2D eigenvalue weighted by atomic mass is 16.6. The molecule has 0 aliphatic heterocycles. The second-order valence-corrected chi connectivity index (χ2v) is 4.19. The molecule has 1 rings (SSSR count). The third-order valence-corrected chi connectivity index (χ3v) is 2.77. The summed E-state index contributed by atoms with van der Waals surface area (Å²) in [5.41, 5.74) is 5.93. The average molecular weight is 251 g/mol. The number of nitrogens with two attached hydrogens (primary N) is 1. The molecule has 0 aliphatic rings. The molecule has 1 amide bonds. The van der Waals surface area contributed by atoms with Crippen LogP contribution in [0.15, 0.2) is 30.3 Å². The highest BCUT2D eigenvalue weighted by Gasteiger charge is 2.37. The van der Waals surface area contributed by atoms with E-state index < -0.39 is 12.1 Å². The van der Waals surface area contributed by atoms with E-state index in [1.54, 1.807) is 7.05 Å². The van der Waals surface area contributed by atoms with Gasteiger partial charge < -0.3 is 10.5 Å². The van der Waals surface area contributed by atoms with Crippen molar-refractivity contribution in [1.82, 2.24) is 4.48 Å². The first kappa shape index (κ1) is 14.3. The predicted molar refractivity (Wildman–Crippen MR) is 69.9 cm³/mol. The third kappa shape index (κ3) is 3.15. The summed E-state index contributed by atoms with van der Waals surface area (Å²) in [6.07, 6.45) is 0.190. The van der Waals surface area contributed by atoms with Gasteiger partial charge >= 0.3 is 12.1 Å². The molecule has 1 unspecified atom stereocenters. The van der Waals surface area contributed by atoms with E-state index >= 15 is 0 Å². The van der Waals surface area contributed by atoms with Crippen molar-refractivity contribution in [3.63, 3.8) is 0 Å². The Kier molecular flexibility index (Phi) is 5.00. The molecular formula is C13H19N2O3+. The molecule has 0 aliphatic carbocycles. The van der Waals surface area contributed by atoms with Gasteiger partial charge in [0.05, 0.1) is 20.1 Å². The van der Waals surface area contributed by atoms with E-state index in [1.165, 1.54) is 0 Å². The lowest BCUT2D eigenvalue weighted by atomic mass is 10.2. The molecule has 0 aromatic heterocycles. The molecule has 2 N–H and O–H groups in total. The highest BCUT2D eigenvalue weighted by molar-refractivity contribution is 5.91. The van der Waals surface area contributed by atoms with Crippen molar-refractivity contribution in [3.05, 3.63) is 30.3 Å². The fourth-order valence-electron chi connectivity index (χ4n) is 1.77. The van der Waals surface area contributed by atoms with Crippen molar-refractivity contribution in [1.29, 1.82) is 0 Å². The Morgan fingerprint density at radius 1 is 1.28 bits per heavy atom. The molecule has 0 fully saturated rings. The van der Waals surface area contributed by atoms with Crippen LogP contribution in [0.5, 0.6) is 0 Å². The van der Waals surface area contributed by atoms with Crippen LogP contribution < -0.4 is 10.2 Å². The summed E-state index contributed by atoms with van der Waals surface area (Å²) in [6.45, 7) is 2.23. The van der Waals surface area contributed by atoms with Gasteiger partial charge in [-0.1, -0.05) is 25.1 Å². The molecule has 1 aromatic carbocycles. The molecule has 1 aromatic rings.